The molecule has 6 heteroatoms. The number of hydrogen-bond donors (Lipinski definition) is 2. The van der Waals surface area contributed by atoms with Gasteiger partial charge in [0.2, 0.25) is 0 Å². The third-order valence-corrected chi connectivity index (χ3v) is 5.56. The van der Waals surface area contributed by atoms with Gasteiger partial charge in [0.25, 0.3) is 5.91 Å². The largest absolute Gasteiger partial charge is 0.391 e. The van der Waals surface area contributed by atoms with E-state index in [1.165, 1.54) is 11.3 Å². The number of fused-ring (bicyclic) bond motifs is 1. The van der Waals surface area contributed by atoms with Gasteiger partial charge in [-0.2, -0.15) is 5.10 Å². The minimum atomic E-state index is -0.417. The zero-order valence-electron chi connectivity index (χ0n) is 13.3. The van der Waals surface area contributed by atoms with E-state index < -0.39 is 6.10 Å². The molecule has 2 aromatic rings. The van der Waals surface area contributed by atoms with E-state index in [9.17, 15) is 9.90 Å². The second-order valence-electron chi connectivity index (χ2n) is 6.42. The Bertz CT molecular complexity index is 689. The molecule has 1 aliphatic carbocycles. The SMILES string of the molecule is CC(C)c1nn(C)c2sc(C(=O)NC3CCCCC3O)cc12. The number of aromatic nitrogens is 2. The molecule has 120 valence electrons. The van der Waals surface area contributed by atoms with E-state index >= 15 is 0 Å². The monoisotopic (exact) mass is 321 g/mol. The summed E-state index contributed by atoms with van der Waals surface area (Å²) in [4.78, 5) is 14.2. The van der Waals surface area contributed by atoms with Crippen LogP contribution in [-0.2, 0) is 7.05 Å². The number of aliphatic hydroxyl groups excluding tert-OH is 1. The van der Waals surface area contributed by atoms with Crippen molar-refractivity contribution < 1.29 is 9.90 Å². The molecule has 22 heavy (non-hydrogen) atoms. The van der Waals surface area contributed by atoms with Crippen LogP contribution in [0, 0.1) is 0 Å². The van der Waals surface area contributed by atoms with Gasteiger partial charge in [-0.25, -0.2) is 0 Å². The van der Waals surface area contributed by atoms with Crippen LogP contribution in [0.1, 0.15) is 60.8 Å². The molecule has 5 nitrogen and oxygen atoms in total. The Hall–Kier alpha value is -1.40. The van der Waals surface area contributed by atoms with Gasteiger partial charge in [0, 0.05) is 12.4 Å². The number of rotatable bonds is 3. The van der Waals surface area contributed by atoms with E-state index in [4.69, 9.17) is 0 Å². The molecule has 0 radical (unpaired) electrons. The van der Waals surface area contributed by atoms with Crippen LogP contribution in [0.5, 0.6) is 0 Å². The Kier molecular flexibility index (Phi) is 4.23. The molecule has 0 aliphatic heterocycles. The quantitative estimate of drug-likeness (QED) is 0.913. The standard InChI is InChI=1S/C16H23N3O2S/c1-9(2)14-10-8-13(22-16(10)19(3)18-14)15(21)17-11-6-4-5-7-12(11)20/h8-9,11-12,20H,4-7H2,1-3H3,(H,17,21). The normalized spacial score (nSPS) is 22.4. The highest BCUT2D eigenvalue weighted by molar-refractivity contribution is 7.20. The summed E-state index contributed by atoms with van der Waals surface area (Å²) in [6, 6.07) is 1.82. The average Bonchev–Trinajstić information content (AvgIpc) is 3.02. The highest BCUT2D eigenvalue weighted by Crippen LogP contribution is 2.31. The first-order chi connectivity index (χ1) is 10.5. The third-order valence-electron chi connectivity index (χ3n) is 4.36. The first-order valence-corrected chi connectivity index (χ1v) is 8.74. The van der Waals surface area contributed by atoms with Crippen LogP contribution in [-0.4, -0.2) is 32.9 Å². The van der Waals surface area contributed by atoms with Gasteiger partial charge in [0.1, 0.15) is 4.83 Å². The summed E-state index contributed by atoms with van der Waals surface area (Å²) in [6.45, 7) is 4.22. The minimum absolute atomic E-state index is 0.0816. The van der Waals surface area contributed by atoms with E-state index in [2.05, 4.69) is 24.3 Å². The fourth-order valence-corrected chi connectivity index (χ4v) is 4.11. The van der Waals surface area contributed by atoms with Gasteiger partial charge in [-0.3, -0.25) is 9.48 Å². The number of thiophene rings is 1. The van der Waals surface area contributed by atoms with Crippen LogP contribution in [0.4, 0.5) is 0 Å². The van der Waals surface area contributed by atoms with Crippen LogP contribution < -0.4 is 5.32 Å². The maximum Gasteiger partial charge on any atom is 0.261 e. The van der Waals surface area contributed by atoms with E-state index in [1.807, 2.05) is 17.8 Å². The maximum atomic E-state index is 12.5. The Balaban J connectivity index is 1.83. The van der Waals surface area contributed by atoms with Crippen LogP contribution in [0.2, 0.25) is 0 Å². The van der Waals surface area contributed by atoms with Gasteiger partial charge in [-0.15, -0.1) is 11.3 Å². The number of carbonyl (C=O) groups excluding carboxylic acids is 1. The average molecular weight is 321 g/mol. The van der Waals surface area contributed by atoms with E-state index in [0.717, 1.165) is 41.6 Å². The molecule has 3 rings (SSSR count). The minimum Gasteiger partial charge on any atom is -0.391 e. The molecule has 0 saturated heterocycles. The zero-order valence-corrected chi connectivity index (χ0v) is 14.1. The Labute approximate surface area is 134 Å². The lowest BCUT2D eigenvalue weighted by Crippen LogP contribution is -2.44. The molecular weight excluding hydrogens is 298 g/mol. The van der Waals surface area contributed by atoms with Gasteiger partial charge >= 0.3 is 0 Å². The molecule has 2 unspecified atom stereocenters. The van der Waals surface area contributed by atoms with Crippen molar-refractivity contribution in [3.05, 3.63) is 16.6 Å². The summed E-state index contributed by atoms with van der Waals surface area (Å²) in [5, 5.41) is 18.6. The first-order valence-electron chi connectivity index (χ1n) is 7.92. The van der Waals surface area contributed by atoms with Gasteiger partial charge in [-0.1, -0.05) is 26.7 Å². The van der Waals surface area contributed by atoms with Crippen LogP contribution in [0.3, 0.4) is 0 Å². The lowest BCUT2D eigenvalue weighted by molar-refractivity contribution is 0.0720. The van der Waals surface area contributed by atoms with Crippen molar-refractivity contribution in [3.8, 4) is 0 Å². The summed E-state index contributed by atoms with van der Waals surface area (Å²) < 4.78 is 1.85. The van der Waals surface area contributed by atoms with Crippen LogP contribution in [0.25, 0.3) is 10.2 Å². The zero-order chi connectivity index (χ0) is 15.9. The van der Waals surface area contributed by atoms with Crippen LogP contribution in [0.15, 0.2) is 6.07 Å². The molecule has 2 atom stereocenters. The first kappa shape index (κ1) is 15.5. The highest BCUT2D eigenvalue weighted by Gasteiger charge is 2.26. The van der Waals surface area contributed by atoms with Gasteiger partial charge in [0.05, 0.1) is 22.7 Å². The lowest BCUT2D eigenvalue weighted by atomic mass is 9.92. The van der Waals surface area contributed by atoms with Crippen LogP contribution >= 0.6 is 11.3 Å². The number of nitrogens with one attached hydrogen (secondary N) is 1. The summed E-state index contributed by atoms with van der Waals surface area (Å²) in [5.74, 6) is 0.247. The Morgan fingerprint density at radius 1 is 1.45 bits per heavy atom. The molecule has 2 heterocycles. The fourth-order valence-electron chi connectivity index (χ4n) is 3.12. The second kappa shape index (κ2) is 6.01. The van der Waals surface area contributed by atoms with Gasteiger partial charge in [0.15, 0.2) is 0 Å². The molecule has 1 fully saturated rings. The molecule has 2 aromatic heterocycles. The lowest BCUT2D eigenvalue weighted by Gasteiger charge is -2.28. The summed E-state index contributed by atoms with van der Waals surface area (Å²) in [6.07, 6.45) is 3.32. The number of aliphatic hydroxyl groups is 1. The number of hydrogen-bond acceptors (Lipinski definition) is 4. The van der Waals surface area contributed by atoms with E-state index in [1.54, 1.807) is 0 Å². The molecule has 0 bridgehead atoms. The predicted molar refractivity (Wildman–Crippen MR) is 88.4 cm³/mol. The molecule has 2 N–H and O–H groups in total. The van der Waals surface area contributed by atoms with E-state index in [0.29, 0.717) is 10.8 Å². The maximum absolute atomic E-state index is 12.5. The molecule has 0 aromatic carbocycles. The van der Waals surface area contributed by atoms with Gasteiger partial charge < -0.3 is 10.4 Å². The summed E-state index contributed by atoms with van der Waals surface area (Å²) >= 11 is 1.47. The van der Waals surface area contributed by atoms with Crippen molar-refractivity contribution in [2.24, 2.45) is 7.05 Å². The van der Waals surface area contributed by atoms with E-state index in [-0.39, 0.29) is 11.9 Å². The number of carbonyl (C=O) groups is 1. The molecule has 1 saturated carbocycles. The summed E-state index contributed by atoms with van der Waals surface area (Å²) in [5.41, 5.74) is 1.03. The topological polar surface area (TPSA) is 67.2 Å². The van der Waals surface area contributed by atoms with Crippen molar-refractivity contribution >= 4 is 27.5 Å². The van der Waals surface area contributed by atoms with Crippen molar-refractivity contribution in [2.75, 3.05) is 0 Å². The highest BCUT2D eigenvalue weighted by atomic mass is 32.1. The smallest absolute Gasteiger partial charge is 0.261 e. The molecule has 0 spiro atoms. The van der Waals surface area contributed by atoms with Crippen molar-refractivity contribution in [2.45, 2.75) is 57.6 Å². The predicted octanol–water partition coefficient (Wildman–Crippen LogP) is 2.79. The number of nitrogens with zero attached hydrogens (tertiary/aromatic N) is 2. The van der Waals surface area contributed by atoms with Gasteiger partial charge in [-0.05, 0) is 24.8 Å². The number of amides is 1. The Morgan fingerprint density at radius 2 is 2.18 bits per heavy atom. The third kappa shape index (κ3) is 2.77. The van der Waals surface area contributed by atoms with Crippen molar-refractivity contribution in [1.29, 1.82) is 0 Å². The second-order valence-corrected chi connectivity index (χ2v) is 7.46. The Morgan fingerprint density at radius 3 is 2.86 bits per heavy atom. The molecular formula is C16H23N3O2S. The van der Waals surface area contributed by atoms with Crippen molar-refractivity contribution in [1.82, 2.24) is 15.1 Å². The van der Waals surface area contributed by atoms with Crippen molar-refractivity contribution in [3.63, 3.8) is 0 Å². The fraction of sp³-hybridized carbons (Fsp3) is 0.625. The number of aryl methyl sites for hydroxylation is 1. The molecule has 1 aliphatic rings. The summed E-state index contributed by atoms with van der Waals surface area (Å²) in [7, 11) is 1.91. The molecule has 1 amide bonds.